The second-order valence-electron chi connectivity index (χ2n) is 15.8. The highest BCUT2D eigenvalue weighted by molar-refractivity contribution is 6.38. The number of nitrogens with zero attached hydrogens (tertiary/aromatic N) is 2. The van der Waals surface area contributed by atoms with Crippen molar-refractivity contribution in [2.75, 3.05) is 27.3 Å². The first kappa shape index (κ1) is 40.2. The maximum absolute atomic E-state index is 14.8. The van der Waals surface area contributed by atoms with E-state index in [1.165, 1.54) is 11.9 Å². The number of Topliss-reactive ketones (excluding diaryl/α,β-unsaturated/α-hetero) is 1. The summed E-state index contributed by atoms with van der Waals surface area (Å²) in [7, 11) is 2.96. The number of methoxy groups -OCH3 is 1. The molecule has 0 bridgehead atoms. The number of hydrogen-bond acceptors (Lipinski definition) is 9. The Labute approximate surface area is 317 Å². The van der Waals surface area contributed by atoms with Crippen molar-refractivity contribution >= 4 is 35.1 Å². The lowest BCUT2D eigenvalue weighted by molar-refractivity contribution is -0.145. The van der Waals surface area contributed by atoms with Gasteiger partial charge in [-0.05, 0) is 79.8 Å². The molecule has 13 nitrogen and oxygen atoms in total. The molecule has 1 saturated heterocycles. The predicted octanol–water partition coefficient (Wildman–Crippen LogP) is 4.11. The Morgan fingerprint density at radius 3 is 2.33 bits per heavy atom. The second kappa shape index (κ2) is 16.2. The highest BCUT2D eigenvalue weighted by Gasteiger charge is 2.56. The van der Waals surface area contributed by atoms with Crippen molar-refractivity contribution in [1.29, 1.82) is 0 Å². The van der Waals surface area contributed by atoms with Crippen LogP contribution in [-0.2, 0) is 28.8 Å². The zero-order valence-electron chi connectivity index (χ0n) is 33.0. The number of nitrogens with one attached hydrogen (secondary N) is 3. The number of amides is 4. The lowest BCUT2D eigenvalue weighted by Gasteiger charge is -2.35. The molecule has 1 saturated carbocycles. The summed E-state index contributed by atoms with van der Waals surface area (Å²) in [6, 6.07) is 8.43. The summed E-state index contributed by atoms with van der Waals surface area (Å²) in [5.74, 6) is -1.73. The molecule has 0 radical (unpaired) electrons. The van der Waals surface area contributed by atoms with Gasteiger partial charge in [0.1, 0.15) is 23.6 Å². The first-order valence-electron chi connectivity index (χ1n) is 18.9. The normalized spacial score (nSPS) is 22.8. The molecule has 1 spiro atoms. The van der Waals surface area contributed by atoms with E-state index in [0.29, 0.717) is 37.3 Å². The molecule has 292 valence electrons. The summed E-state index contributed by atoms with van der Waals surface area (Å²) in [5.41, 5.74) is 2.58. The third-order valence-electron chi connectivity index (χ3n) is 10.6. The van der Waals surface area contributed by atoms with Crippen LogP contribution in [0.4, 0.5) is 0 Å². The molecule has 0 unspecified atom stereocenters. The minimum Gasteiger partial charge on any atom is -0.496 e. The first-order chi connectivity index (χ1) is 25.6. The van der Waals surface area contributed by atoms with Gasteiger partial charge in [0, 0.05) is 31.4 Å². The Hall–Kier alpha value is -4.94. The van der Waals surface area contributed by atoms with Crippen molar-refractivity contribution in [3.05, 3.63) is 58.7 Å². The van der Waals surface area contributed by atoms with Gasteiger partial charge in [-0.1, -0.05) is 57.5 Å². The van der Waals surface area contributed by atoms with Crippen LogP contribution in [0, 0.1) is 25.2 Å². The van der Waals surface area contributed by atoms with Crippen molar-refractivity contribution in [3.8, 4) is 11.5 Å². The number of hydrogen-bond donors (Lipinski definition) is 3. The van der Waals surface area contributed by atoms with Gasteiger partial charge < -0.3 is 35.2 Å². The Balaban J connectivity index is 1.42. The van der Waals surface area contributed by atoms with Crippen LogP contribution in [0.5, 0.6) is 11.5 Å². The van der Waals surface area contributed by atoms with E-state index in [2.05, 4.69) is 21.1 Å². The van der Waals surface area contributed by atoms with Crippen molar-refractivity contribution in [2.45, 2.75) is 110 Å². The average molecular weight is 746 g/mol. The molecule has 2 heterocycles. The van der Waals surface area contributed by atoms with Crippen LogP contribution in [0.2, 0.25) is 0 Å². The van der Waals surface area contributed by atoms with Gasteiger partial charge in [-0.2, -0.15) is 0 Å². The van der Waals surface area contributed by atoms with Crippen LogP contribution in [0.3, 0.4) is 0 Å². The number of rotatable bonds is 14. The van der Waals surface area contributed by atoms with Crippen LogP contribution in [0.15, 0.2) is 41.6 Å². The van der Waals surface area contributed by atoms with Crippen molar-refractivity contribution in [2.24, 2.45) is 16.5 Å². The molecule has 6 atom stereocenters. The molecule has 3 N–H and O–H groups in total. The molecule has 2 aliphatic heterocycles. The monoisotopic (exact) mass is 745 g/mol. The van der Waals surface area contributed by atoms with E-state index >= 15 is 0 Å². The quantitative estimate of drug-likeness (QED) is 0.243. The fourth-order valence-corrected chi connectivity index (χ4v) is 7.74. The number of para-hydroxylation sites is 1. The number of likely N-dealkylation sites (tertiary alicyclic amines) is 1. The number of benzene rings is 2. The highest BCUT2D eigenvalue weighted by Crippen LogP contribution is 2.50. The van der Waals surface area contributed by atoms with Crippen LogP contribution >= 0.6 is 0 Å². The van der Waals surface area contributed by atoms with Gasteiger partial charge in [-0.25, -0.2) is 0 Å². The lowest BCUT2D eigenvalue weighted by Crippen LogP contribution is -2.59. The largest absolute Gasteiger partial charge is 0.496 e. The minimum absolute atomic E-state index is 0.0173. The summed E-state index contributed by atoms with van der Waals surface area (Å²) < 4.78 is 11.4. The van der Waals surface area contributed by atoms with Gasteiger partial charge >= 0.3 is 0 Å². The summed E-state index contributed by atoms with van der Waals surface area (Å²) in [5, 5.41) is 12.6. The van der Waals surface area contributed by atoms with Crippen molar-refractivity contribution in [1.82, 2.24) is 20.9 Å². The van der Waals surface area contributed by atoms with Gasteiger partial charge in [0.25, 0.3) is 5.91 Å². The summed E-state index contributed by atoms with van der Waals surface area (Å²) in [6.07, 6.45) is 1.79. The number of ether oxygens (including phenoxy) is 2. The van der Waals surface area contributed by atoms with Crippen LogP contribution in [0.1, 0.15) is 94.9 Å². The van der Waals surface area contributed by atoms with Gasteiger partial charge in [0.15, 0.2) is 5.60 Å². The van der Waals surface area contributed by atoms with Gasteiger partial charge in [-0.3, -0.25) is 24.0 Å². The summed E-state index contributed by atoms with van der Waals surface area (Å²) in [4.78, 5) is 75.8. The number of carbonyl (C=O) groups is 5. The predicted molar refractivity (Wildman–Crippen MR) is 203 cm³/mol. The van der Waals surface area contributed by atoms with E-state index < -0.39 is 52.6 Å². The number of ketones is 1. The fraction of sp³-hybridized carbons (Fsp3) is 0.561. The van der Waals surface area contributed by atoms with Gasteiger partial charge in [0.05, 0.1) is 32.0 Å². The second-order valence-corrected chi connectivity index (χ2v) is 15.8. The zero-order chi connectivity index (χ0) is 39.5. The number of carbonyl (C=O) groups excluding carboxylic acids is 5. The smallest absolute Gasteiger partial charge is 0.289 e. The molecule has 2 fully saturated rings. The zero-order valence-corrected chi connectivity index (χ0v) is 33.0. The molecule has 0 aromatic heterocycles. The highest BCUT2D eigenvalue weighted by atomic mass is 16.7. The maximum atomic E-state index is 14.8. The van der Waals surface area contributed by atoms with E-state index in [9.17, 15) is 24.0 Å². The molecular weight excluding hydrogens is 690 g/mol. The average Bonchev–Trinajstić information content (AvgIpc) is 3.70. The molecule has 4 amide bonds. The molecule has 2 aromatic carbocycles. The summed E-state index contributed by atoms with van der Waals surface area (Å²) >= 11 is 0. The molecule has 5 rings (SSSR count). The molecule has 2 aromatic rings. The topological polar surface area (TPSA) is 165 Å². The number of aryl methyl sites for hydroxylation is 2. The molecule has 3 aliphatic rings. The Kier molecular flexibility index (Phi) is 12.1. The first-order valence-corrected chi connectivity index (χ1v) is 18.9. The van der Waals surface area contributed by atoms with Crippen molar-refractivity contribution < 1.29 is 38.3 Å². The molecule has 13 heteroatoms. The van der Waals surface area contributed by atoms with E-state index in [1.54, 1.807) is 7.11 Å². The Morgan fingerprint density at radius 1 is 1.04 bits per heavy atom. The molecule has 54 heavy (non-hydrogen) atoms. The van der Waals surface area contributed by atoms with E-state index in [-0.39, 0.29) is 37.1 Å². The van der Waals surface area contributed by atoms with Crippen LogP contribution in [-0.4, -0.2) is 91.1 Å². The van der Waals surface area contributed by atoms with Gasteiger partial charge in [0.2, 0.25) is 23.5 Å². The number of likely N-dealkylation sites (N-methyl/N-ethyl adjacent to an activating group) is 1. The van der Waals surface area contributed by atoms with Crippen LogP contribution < -0.4 is 25.4 Å². The third kappa shape index (κ3) is 8.39. The van der Waals surface area contributed by atoms with E-state index in [1.807, 2.05) is 84.9 Å². The SMILES string of the molecule is CCC[C@H](NC(=O)[C@@H]1C[C@]2(CC(c3cc(C)c(OCC)c(C)c3)=NO2)CN1C(=O)[C@@H](NC(=O)[C@@H]1C[C@H]1c1ccccc1OC)C(C)(C)C)C(=O)C(=O)NC. The number of oxime groups is 1. The minimum atomic E-state index is -1.08. The lowest BCUT2D eigenvalue weighted by atomic mass is 9.85. The van der Waals surface area contributed by atoms with Gasteiger partial charge in [-0.15, -0.1) is 0 Å². The molecular formula is C41H55N5O8. The standard InChI is InChI=1S/C41H55N5O8/c1-10-14-29(33(47)38(50)42-8)43-37(49)31-21-41(20-30(45-54-41)25-17-23(3)34(53-11-2)24(4)18-25)22-46(31)39(51)35(40(5,6)7)44-36(48)28-19-27(28)26-15-12-13-16-32(26)52-9/h12-13,15-18,27-29,31,35H,10-11,14,19-22H2,1-9H3,(H,42,50)(H,43,49)(H,44,48)/t27-,28+,29-,31-,35+,41+/m0/s1. The van der Waals surface area contributed by atoms with E-state index in [4.69, 9.17) is 14.3 Å². The summed E-state index contributed by atoms with van der Waals surface area (Å²) in [6.45, 7) is 13.9. The third-order valence-corrected chi connectivity index (χ3v) is 10.6. The fourth-order valence-electron chi connectivity index (χ4n) is 7.74. The Morgan fingerprint density at radius 2 is 1.72 bits per heavy atom. The van der Waals surface area contributed by atoms with Crippen LogP contribution in [0.25, 0.3) is 0 Å². The Bertz CT molecular complexity index is 1800. The maximum Gasteiger partial charge on any atom is 0.289 e. The van der Waals surface area contributed by atoms with Crippen molar-refractivity contribution in [3.63, 3.8) is 0 Å². The molecule has 1 aliphatic carbocycles. The van der Waals surface area contributed by atoms with E-state index in [0.717, 1.165) is 28.0 Å².